The van der Waals surface area contributed by atoms with E-state index in [4.69, 9.17) is 4.74 Å². The lowest BCUT2D eigenvalue weighted by Gasteiger charge is -2.21. The number of H-pyrrole nitrogens is 1. The van der Waals surface area contributed by atoms with Crippen molar-refractivity contribution >= 4 is 22.8 Å². The van der Waals surface area contributed by atoms with Gasteiger partial charge in [0.2, 0.25) is 5.56 Å². The Morgan fingerprint density at radius 3 is 2.45 bits per heavy atom. The van der Waals surface area contributed by atoms with Crippen LogP contribution < -0.4 is 10.9 Å². The van der Waals surface area contributed by atoms with Crippen molar-refractivity contribution in [3.8, 4) is 0 Å². The number of esters is 1. The van der Waals surface area contributed by atoms with Crippen LogP contribution in [0.5, 0.6) is 0 Å². The van der Waals surface area contributed by atoms with E-state index in [0.29, 0.717) is 16.8 Å². The van der Waals surface area contributed by atoms with Gasteiger partial charge in [0.15, 0.2) is 6.61 Å². The van der Waals surface area contributed by atoms with Gasteiger partial charge in [-0.05, 0) is 24.0 Å². The Labute approximate surface area is 168 Å². The molecule has 3 rings (SSSR count). The van der Waals surface area contributed by atoms with E-state index in [1.807, 2.05) is 30.3 Å². The smallest absolute Gasteiger partial charge is 0.339 e. The van der Waals surface area contributed by atoms with Crippen LogP contribution in [0.3, 0.4) is 0 Å². The summed E-state index contributed by atoms with van der Waals surface area (Å²) in [6.07, 6.45) is 0.766. The Morgan fingerprint density at radius 2 is 1.72 bits per heavy atom. The van der Waals surface area contributed by atoms with Gasteiger partial charge in [-0.3, -0.25) is 9.59 Å². The average molecular weight is 392 g/mol. The van der Waals surface area contributed by atoms with Gasteiger partial charge in [0.05, 0.1) is 11.6 Å². The van der Waals surface area contributed by atoms with Crippen molar-refractivity contribution in [2.45, 2.75) is 26.3 Å². The molecule has 0 bridgehead atoms. The molecule has 1 aromatic heterocycles. The summed E-state index contributed by atoms with van der Waals surface area (Å²) < 4.78 is 5.19. The van der Waals surface area contributed by atoms with E-state index in [1.165, 1.54) is 6.07 Å². The molecule has 0 unspecified atom stereocenters. The van der Waals surface area contributed by atoms with Crippen LogP contribution in [0.25, 0.3) is 10.9 Å². The third-order valence-corrected chi connectivity index (χ3v) is 4.55. The zero-order valence-corrected chi connectivity index (χ0v) is 16.5. The summed E-state index contributed by atoms with van der Waals surface area (Å²) in [6, 6.07) is 17.7. The lowest BCUT2D eigenvalue weighted by atomic mass is 9.97. The highest BCUT2D eigenvalue weighted by Gasteiger charge is 2.18. The van der Waals surface area contributed by atoms with E-state index in [1.54, 1.807) is 24.3 Å². The number of aromatic nitrogens is 1. The molecule has 0 spiro atoms. The second-order valence-corrected chi connectivity index (χ2v) is 7.33. The molecule has 0 aliphatic carbocycles. The molecule has 150 valence electrons. The zero-order chi connectivity index (χ0) is 20.8. The Kier molecular flexibility index (Phi) is 6.44. The second kappa shape index (κ2) is 9.19. The third-order valence-electron chi connectivity index (χ3n) is 4.55. The molecule has 2 aromatic carbocycles. The minimum absolute atomic E-state index is 0.138. The van der Waals surface area contributed by atoms with Crippen LogP contribution in [0, 0.1) is 5.92 Å². The van der Waals surface area contributed by atoms with Gasteiger partial charge in [0, 0.05) is 17.0 Å². The summed E-state index contributed by atoms with van der Waals surface area (Å²) in [7, 11) is 0. The number of amides is 1. The average Bonchev–Trinajstić information content (AvgIpc) is 2.71. The number of hydrogen-bond donors (Lipinski definition) is 2. The number of nitrogens with one attached hydrogen (secondary N) is 2. The van der Waals surface area contributed by atoms with Gasteiger partial charge in [-0.1, -0.05) is 62.4 Å². The summed E-state index contributed by atoms with van der Waals surface area (Å²) in [4.78, 5) is 39.4. The van der Waals surface area contributed by atoms with E-state index in [0.717, 1.165) is 12.0 Å². The van der Waals surface area contributed by atoms with Crippen LogP contribution in [-0.4, -0.2) is 23.5 Å². The van der Waals surface area contributed by atoms with Gasteiger partial charge in [0.25, 0.3) is 5.91 Å². The Hall–Kier alpha value is -3.41. The van der Waals surface area contributed by atoms with E-state index in [-0.39, 0.29) is 17.5 Å². The fourth-order valence-electron chi connectivity index (χ4n) is 3.25. The van der Waals surface area contributed by atoms with Crippen LogP contribution in [0.15, 0.2) is 65.5 Å². The van der Waals surface area contributed by atoms with E-state index in [2.05, 4.69) is 24.1 Å². The van der Waals surface area contributed by atoms with Crippen molar-refractivity contribution in [3.05, 3.63) is 82.1 Å². The molecular weight excluding hydrogens is 368 g/mol. The number of pyridine rings is 1. The monoisotopic (exact) mass is 392 g/mol. The first kappa shape index (κ1) is 20.3. The van der Waals surface area contributed by atoms with E-state index in [9.17, 15) is 14.4 Å². The molecule has 0 saturated carbocycles. The molecule has 6 nitrogen and oxygen atoms in total. The molecule has 0 saturated heterocycles. The number of benzene rings is 2. The maximum absolute atomic E-state index is 12.5. The normalized spacial score (nSPS) is 12.0. The molecule has 1 atom stereocenters. The summed E-state index contributed by atoms with van der Waals surface area (Å²) in [6.45, 7) is 3.75. The molecule has 1 heterocycles. The molecule has 3 aromatic rings. The SMILES string of the molecule is CC(C)C[C@@H](NC(=O)COC(=O)c1cc(=O)[nH]c2ccccc12)c1ccccc1. The molecular formula is C23H24N2O4. The number of carbonyl (C=O) groups is 2. The largest absolute Gasteiger partial charge is 0.452 e. The molecule has 0 radical (unpaired) electrons. The highest BCUT2D eigenvalue weighted by molar-refractivity contribution is 6.03. The lowest BCUT2D eigenvalue weighted by Crippen LogP contribution is -2.33. The van der Waals surface area contributed by atoms with Crippen molar-refractivity contribution < 1.29 is 14.3 Å². The predicted octanol–water partition coefficient (Wildman–Crippen LogP) is 3.59. The number of para-hydroxylation sites is 1. The Balaban J connectivity index is 1.68. The second-order valence-electron chi connectivity index (χ2n) is 7.33. The van der Waals surface area contributed by atoms with Crippen molar-refractivity contribution in [1.29, 1.82) is 0 Å². The van der Waals surface area contributed by atoms with Gasteiger partial charge >= 0.3 is 5.97 Å². The predicted molar refractivity (Wildman–Crippen MR) is 112 cm³/mol. The first-order valence-electron chi connectivity index (χ1n) is 9.57. The lowest BCUT2D eigenvalue weighted by molar-refractivity contribution is -0.125. The fourth-order valence-corrected chi connectivity index (χ4v) is 3.25. The Bertz CT molecular complexity index is 1060. The topological polar surface area (TPSA) is 88.3 Å². The molecule has 0 fully saturated rings. The third kappa shape index (κ3) is 5.31. The van der Waals surface area contributed by atoms with Crippen LogP contribution in [-0.2, 0) is 9.53 Å². The molecule has 29 heavy (non-hydrogen) atoms. The number of hydrogen-bond acceptors (Lipinski definition) is 4. The number of fused-ring (bicyclic) bond motifs is 1. The van der Waals surface area contributed by atoms with E-state index < -0.39 is 18.1 Å². The highest BCUT2D eigenvalue weighted by atomic mass is 16.5. The van der Waals surface area contributed by atoms with Crippen LogP contribution >= 0.6 is 0 Å². The van der Waals surface area contributed by atoms with Gasteiger partial charge in [0.1, 0.15) is 0 Å². The number of ether oxygens (including phenoxy) is 1. The summed E-state index contributed by atoms with van der Waals surface area (Å²) >= 11 is 0. The quantitative estimate of drug-likeness (QED) is 0.602. The Morgan fingerprint density at radius 1 is 1.03 bits per heavy atom. The fraction of sp³-hybridized carbons (Fsp3) is 0.261. The minimum atomic E-state index is -0.706. The molecule has 0 aliphatic rings. The van der Waals surface area contributed by atoms with Crippen LogP contribution in [0.1, 0.15) is 42.2 Å². The van der Waals surface area contributed by atoms with E-state index >= 15 is 0 Å². The van der Waals surface area contributed by atoms with Gasteiger partial charge in [-0.25, -0.2) is 4.79 Å². The molecule has 1 amide bonds. The number of rotatable bonds is 7. The first-order valence-corrected chi connectivity index (χ1v) is 9.57. The number of carbonyl (C=O) groups excluding carboxylic acids is 2. The van der Waals surface area contributed by atoms with Crippen molar-refractivity contribution in [1.82, 2.24) is 10.3 Å². The minimum Gasteiger partial charge on any atom is -0.452 e. The van der Waals surface area contributed by atoms with Crippen molar-refractivity contribution in [2.75, 3.05) is 6.61 Å². The summed E-state index contributed by atoms with van der Waals surface area (Å²) in [5.74, 6) is -0.713. The van der Waals surface area contributed by atoms with Crippen molar-refractivity contribution in [2.24, 2.45) is 5.92 Å². The van der Waals surface area contributed by atoms with Crippen molar-refractivity contribution in [3.63, 3.8) is 0 Å². The van der Waals surface area contributed by atoms with Gasteiger partial charge in [-0.15, -0.1) is 0 Å². The zero-order valence-electron chi connectivity index (χ0n) is 16.5. The molecule has 2 N–H and O–H groups in total. The van der Waals surface area contributed by atoms with Crippen LogP contribution in [0.2, 0.25) is 0 Å². The summed E-state index contributed by atoms with van der Waals surface area (Å²) in [5, 5.41) is 3.50. The maximum Gasteiger partial charge on any atom is 0.339 e. The van der Waals surface area contributed by atoms with Gasteiger partial charge < -0.3 is 15.0 Å². The maximum atomic E-state index is 12.5. The van der Waals surface area contributed by atoms with Gasteiger partial charge in [-0.2, -0.15) is 0 Å². The molecule has 0 aliphatic heterocycles. The van der Waals surface area contributed by atoms with Crippen LogP contribution in [0.4, 0.5) is 0 Å². The number of aromatic amines is 1. The first-order chi connectivity index (χ1) is 13.9. The standard InChI is InChI=1S/C23H24N2O4/c1-15(2)12-20(16-8-4-3-5-9-16)25-22(27)14-29-23(28)18-13-21(26)24-19-11-7-6-10-17(18)19/h3-11,13,15,20H,12,14H2,1-2H3,(H,24,26)(H,25,27)/t20-/m1/s1. The highest BCUT2D eigenvalue weighted by Crippen LogP contribution is 2.21. The summed E-state index contributed by atoms with van der Waals surface area (Å²) in [5.41, 5.74) is 1.28. The molecule has 6 heteroatoms.